The monoisotopic (exact) mass is 230 g/mol. The average molecular weight is 230 g/mol. The molecule has 0 fully saturated rings. The van der Waals surface area contributed by atoms with Gasteiger partial charge >= 0.3 is 0 Å². The van der Waals surface area contributed by atoms with E-state index in [2.05, 4.69) is 50.9 Å². The molecule has 17 heavy (non-hydrogen) atoms. The predicted octanol–water partition coefficient (Wildman–Crippen LogP) is 3.62. The minimum atomic E-state index is 0.193. The number of rotatable bonds is 5. The first kappa shape index (κ1) is 13.7. The molecule has 0 aliphatic rings. The van der Waals surface area contributed by atoms with Gasteiger partial charge in [0, 0.05) is 12.1 Å². The van der Waals surface area contributed by atoms with Gasteiger partial charge in [-0.3, -0.25) is 4.90 Å². The normalized spacial score (nSPS) is 14.6. The van der Waals surface area contributed by atoms with Crippen LogP contribution in [-0.4, -0.2) is 18.0 Å². The summed E-state index contributed by atoms with van der Waals surface area (Å²) in [7, 11) is 2.11. The lowest BCUT2D eigenvalue weighted by atomic mass is 9.98. The van der Waals surface area contributed by atoms with E-state index in [1.807, 2.05) is 18.2 Å². The van der Waals surface area contributed by atoms with Crippen LogP contribution in [0.4, 0.5) is 0 Å². The van der Waals surface area contributed by atoms with Crippen LogP contribution < -0.4 is 0 Å². The van der Waals surface area contributed by atoms with Crippen molar-refractivity contribution in [2.75, 3.05) is 7.05 Å². The third kappa shape index (κ3) is 3.57. The van der Waals surface area contributed by atoms with Crippen molar-refractivity contribution in [1.82, 2.24) is 4.90 Å². The van der Waals surface area contributed by atoms with Crippen LogP contribution in [0.15, 0.2) is 30.3 Å². The third-order valence-corrected chi connectivity index (χ3v) is 3.57. The van der Waals surface area contributed by atoms with Crippen LogP contribution in [0.2, 0.25) is 0 Å². The maximum Gasteiger partial charge on any atom is 0.0641 e. The van der Waals surface area contributed by atoms with E-state index in [0.29, 0.717) is 18.4 Å². The highest BCUT2D eigenvalue weighted by atomic mass is 15.2. The van der Waals surface area contributed by atoms with Crippen molar-refractivity contribution in [2.24, 2.45) is 5.92 Å². The first-order chi connectivity index (χ1) is 8.07. The summed E-state index contributed by atoms with van der Waals surface area (Å²) < 4.78 is 0. The highest BCUT2D eigenvalue weighted by Gasteiger charge is 2.22. The van der Waals surface area contributed by atoms with E-state index in [-0.39, 0.29) is 6.04 Å². The van der Waals surface area contributed by atoms with Gasteiger partial charge in [-0.15, -0.1) is 0 Å². The summed E-state index contributed by atoms with van der Waals surface area (Å²) in [6.07, 6.45) is 0.539. The average Bonchev–Trinajstić information content (AvgIpc) is 2.35. The number of hydrogen-bond acceptors (Lipinski definition) is 2. The van der Waals surface area contributed by atoms with Crippen molar-refractivity contribution in [1.29, 1.82) is 5.26 Å². The van der Waals surface area contributed by atoms with E-state index in [1.54, 1.807) is 0 Å². The number of nitrogens with zero attached hydrogens (tertiary/aromatic N) is 2. The Labute approximate surface area is 105 Å². The lowest BCUT2D eigenvalue weighted by Crippen LogP contribution is -2.36. The molecule has 0 radical (unpaired) electrons. The zero-order valence-corrected chi connectivity index (χ0v) is 11.2. The van der Waals surface area contributed by atoms with E-state index in [1.165, 1.54) is 5.56 Å². The Morgan fingerprint density at radius 1 is 1.18 bits per heavy atom. The van der Waals surface area contributed by atoms with Crippen LogP contribution in [0.25, 0.3) is 0 Å². The van der Waals surface area contributed by atoms with Crippen molar-refractivity contribution in [3.05, 3.63) is 35.9 Å². The Balaban J connectivity index is 2.91. The van der Waals surface area contributed by atoms with E-state index in [9.17, 15) is 0 Å². The molecule has 0 aromatic heterocycles. The number of nitriles is 1. The van der Waals surface area contributed by atoms with Gasteiger partial charge in [-0.25, -0.2) is 0 Å². The molecular formula is C15H22N2. The Hall–Kier alpha value is -1.33. The van der Waals surface area contributed by atoms with Gasteiger partial charge in [0.1, 0.15) is 0 Å². The highest BCUT2D eigenvalue weighted by Crippen LogP contribution is 2.26. The SMILES string of the molecule is CC(C)C(C)N(C)C(CC#N)c1ccccc1. The van der Waals surface area contributed by atoms with E-state index < -0.39 is 0 Å². The molecule has 0 aliphatic heterocycles. The summed E-state index contributed by atoms with van der Waals surface area (Å²) in [5, 5.41) is 8.99. The first-order valence-electron chi connectivity index (χ1n) is 6.21. The fourth-order valence-corrected chi connectivity index (χ4v) is 2.01. The second-order valence-corrected chi connectivity index (χ2v) is 4.94. The van der Waals surface area contributed by atoms with Crippen molar-refractivity contribution >= 4 is 0 Å². The molecule has 1 rings (SSSR count). The summed E-state index contributed by atoms with van der Waals surface area (Å²) in [4.78, 5) is 2.31. The molecule has 92 valence electrons. The summed E-state index contributed by atoms with van der Waals surface area (Å²) >= 11 is 0. The maximum atomic E-state index is 8.99. The number of hydrogen-bond donors (Lipinski definition) is 0. The van der Waals surface area contributed by atoms with Crippen LogP contribution >= 0.6 is 0 Å². The summed E-state index contributed by atoms with van der Waals surface area (Å²) in [6.45, 7) is 6.66. The lowest BCUT2D eigenvalue weighted by Gasteiger charge is -2.34. The van der Waals surface area contributed by atoms with Crippen molar-refractivity contribution in [2.45, 2.75) is 39.3 Å². The van der Waals surface area contributed by atoms with Gasteiger partial charge in [-0.05, 0) is 25.5 Å². The van der Waals surface area contributed by atoms with E-state index in [4.69, 9.17) is 5.26 Å². The van der Waals surface area contributed by atoms with Crippen molar-refractivity contribution in [3.8, 4) is 6.07 Å². The zero-order valence-electron chi connectivity index (χ0n) is 11.2. The topological polar surface area (TPSA) is 27.0 Å². The predicted molar refractivity (Wildman–Crippen MR) is 71.5 cm³/mol. The number of benzene rings is 1. The zero-order chi connectivity index (χ0) is 12.8. The van der Waals surface area contributed by atoms with Gasteiger partial charge in [0.2, 0.25) is 0 Å². The molecular weight excluding hydrogens is 208 g/mol. The molecule has 0 spiro atoms. The van der Waals surface area contributed by atoms with Crippen molar-refractivity contribution in [3.63, 3.8) is 0 Å². The fraction of sp³-hybridized carbons (Fsp3) is 0.533. The van der Waals surface area contributed by atoms with Crippen molar-refractivity contribution < 1.29 is 0 Å². The minimum Gasteiger partial charge on any atom is -0.295 e. The summed E-state index contributed by atoms with van der Waals surface area (Å²) in [5.74, 6) is 0.588. The van der Waals surface area contributed by atoms with Crippen LogP contribution in [0.5, 0.6) is 0 Å². The highest BCUT2D eigenvalue weighted by molar-refractivity contribution is 5.20. The second kappa shape index (κ2) is 6.42. The van der Waals surface area contributed by atoms with Gasteiger partial charge in [-0.2, -0.15) is 5.26 Å². The van der Waals surface area contributed by atoms with E-state index >= 15 is 0 Å². The molecule has 0 heterocycles. The van der Waals surface area contributed by atoms with Gasteiger partial charge in [0.15, 0.2) is 0 Å². The molecule has 2 nitrogen and oxygen atoms in total. The van der Waals surface area contributed by atoms with Crippen LogP contribution in [0.3, 0.4) is 0 Å². The Morgan fingerprint density at radius 3 is 2.24 bits per heavy atom. The lowest BCUT2D eigenvalue weighted by molar-refractivity contribution is 0.150. The molecule has 0 N–H and O–H groups in total. The van der Waals surface area contributed by atoms with Crippen LogP contribution in [0, 0.1) is 17.2 Å². The van der Waals surface area contributed by atoms with Crippen LogP contribution in [0.1, 0.15) is 38.8 Å². The molecule has 2 heteroatoms. The molecule has 0 saturated carbocycles. The Bertz CT molecular complexity index is 364. The first-order valence-corrected chi connectivity index (χ1v) is 6.21. The molecule has 0 saturated heterocycles. The van der Waals surface area contributed by atoms with Gasteiger partial charge in [0.25, 0.3) is 0 Å². The smallest absolute Gasteiger partial charge is 0.0641 e. The molecule has 0 aliphatic carbocycles. The van der Waals surface area contributed by atoms with Gasteiger partial charge in [-0.1, -0.05) is 44.2 Å². The Kier molecular flexibility index (Phi) is 5.18. The minimum absolute atomic E-state index is 0.193. The molecule has 2 atom stereocenters. The van der Waals surface area contributed by atoms with Gasteiger partial charge < -0.3 is 0 Å². The molecule has 1 aromatic carbocycles. The fourth-order valence-electron chi connectivity index (χ4n) is 2.01. The largest absolute Gasteiger partial charge is 0.295 e. The summed E-state index contributed by atoms with van der Waals surface area (Å²) in [6, 6.07) is 13.2. The third-order valence-electron chi connectivity index (χ3n) is 3.57. The molecule has 0 bridgehead atoms. The van der Waals surface area contributed by atoms with Crippen LogP contribution in [-0.2, 0) is 0 Å². The quantitative estimate of drug-likeness (QED) is 0.772. The second-order valence-electron chi connectivity index (χ2n) is 4.94. The molecule has 2 unspecified atom stereocenters. The van der Waals surface area contributed by atoms with E-state index in [0.717, 1.165) is 0 Å². The standard InChI is InChI=1S/C15H22N2/c1-12(2)13(3)17(4)15(10-11-16)14-8-6-5-7-9-14/h5-9,12-13,15H,10H2,1-4H3. The van der Waals surface area contributed by atoms with Gasteiger partial charge in [0.05, 0.1) is 12.5 Å². The molecule has 1 aromatic rings. The maximum absolute atomic E-state index is 8.99. The summed E-state index contributed by atoms with van der Waals surface area (Å²) in [5.41, 5.74) is 1.23. The Morgan fingerprint density at radius 2 is 1.76 bits per heavy atom. The molecule has 0 amide bonds.